The van der Waals surface area contributed by atoms with Gasteiger partial charge in [-0.15, -0.1) is 0 Å². The smallest absolute Gasteiger partial charge is 0.335 e. The molecule has 6 heteroatoms. The predicted molar refractivity (Wildman–Crippen MR) is 131 cm³/mol. The van der Waals surface area contributed by atoms with Gasteiger partial charge in [-0.3, -0.25) is 4.57 Å². The lowest BCUT2D eigenvalue weighted by atomic mass is 10.1. The van der Waals surface area contributed by atoms with Crippen LogP contribution in [0.2, 0.25) is 0 Å². The summed E-state index contributed by atoms with van der Waals surface area (Å²) in [6.07, 6.45) is 6.66. The first kappa shape index (κ1) is 21.3. The molecule has 2 aromatic carbocycles. The number of benzene rings is 2. The highest BCUT2D eigenvalue weighted by Crippen LogP contribution is 2.35. The van der Waals surface area contributed by atoms with Crippen LogP contribution in [-0.2, 0) is 0 Å². The number of para-hydroxylation sites is 2. The molecule has 170 valence electrons. The fourth-order valence-corrected chi connectivity index (χ4v) is 4.71. The minimum absolute atomic E-state index is 0.0560. The van der Waals surface area contributed by atoms with Crippen LogP contribution in [0.15, 0.2) is 65.6 Å². The van der Waals surface area contributed by atoms with Crippen molar-refractivity contribution in [2.24, 2.45) is 0 Å². The molecule has 1 saturated carbocycles. The number of fused-ring (bicyclic) bond motifs is 1. The Hall–Kier alpha value is -3.54. The average molecular weight is 444 g/mol. The van der Waals surface area contributed by atoms with Crippen molar-refractivity contribution in [1.29, 1.82) is 0 Å². The highest BCUT2D eigenvalue weighted by atomic mass is 16.5. The highest BCUT2D eigenvalue weighted by Gasteiger charge is 2.20. The van der Waals surface area contributed by atoms with Crippen LogP contribution >= 0.6 is 0 Å². The zero-order valence-corrected chi connectivity index (χ0v) is 19.3. The Bertz CT molecular complexity index is 1330. The van der Waals surface area contributed by atoms with Gasteiger partial charge in [0.1, 0.15) is 5.82 Å². The van der Waals surface area contributed by atoms with E-state index in [4.69, 9.17) is 9.47 Å². The third-order valence-corrected chi connectivity index (χ3v) is 6.37. The summed E-state index contributed by atoms with van der Waals surface area (Å²) in [4.78, 5) is 17.9. The Morgan fingerprint density at radius 2 is 1.67 bits per heavy atom. The molecule has 5 rings (SSSR count). The Morgan fingerprint density at radius 1 is 0.939 bits per heavy atom. The molecule has 1 aliphatic rings. The molecule has 0 saturated heterocycles. The van der Waals surface area contributed by atoms with Gasteiger partial charge in [0.05, 0.1) is 24.2 Å². The Kier molecular flexibility index (Phi) is 5.67. The molecule has 0 spiro atoms. The number of hydrogen-bond acceptors (Lipinski definition) is 4. The molecular formula is C27H29N3O3. The van der Waals surface area contributed by atoms with E-state index in [1.165, 1.54) is 12.8 Å². The van der Waals surface area contributed by atoms with Crippen LogP contribution < -0.4 is 15.2 Å². The Balaban J connectivity index is 1.51. The second-order valence-electron chi connectivity index (χ2n) is 8.87. The largest absolute Gasteiger partial charge is 0.493 e. The van der Waals surface area contributed by atoms with E-state index in [1.54, 1.807) is 16.2 Å². The van der Waals surface area contributed by atoms with E-state index < -0.39 is 0 Å². The molecule has 1 aliphatic carbocycles. The topological polar surface area (TPSA) is 58.3 Å². The molecule has 33 heavy (non-hydrogen) atoms. The average Bonchev–Trinajstić information content (AvgIpc) is 3.44. The number of rotatable bonds is 6. The molecule has 2 aromatic heterocycles. The van der Waals surface area contributed by atoms with Gasteiger partial charge in [0, 0.05) is 17.8 Å². The van der Waals surface area contributed by atoms with E-state index in [9.17, 15) is 4.79 Å². The van der Waals surface area contributed by atoms with Gasteiger partial charge < -0.3 is 9.47 Å². The van der Waals surface area contributed by atoms with E-state index in [1.807, 2.05) is 74.6 Å². The SMILES string of the molecule is COc1ccc(-c2ccc(-n3c(=O)n(C(C)C)c4ccccc43)nc2)cc1OC1CCCC1. The summed E-state index contributed by atoms with van der Waals surface area (Å²) in [6.45, 7) is 4.03. The maximum atomic E-state index is 13.2. The second kappa shape index (κ2) is 8.77. The first-order chi connectivity index (χ1) is 16.1. The summed E-state index contributed by atoms with van der Waals surface area (Å²) in [5.41, 5.74) is 3.64. The molecule has 0 bridgehead atoms. The molecule has 6 nitrogen and oxygen atoms in total. The van der Waals surface area contributed by atoms with Crippen molar-refractivity contribution >= 4 is 11.0 Å². The Labute approximate surface area is 193 Å². The van der Waals surface area contributed by atoms with Crippen LogP contribution in [0.5, 0.6) is 11.5 Å². The fraction of sp³-hybridized carbons (Fsp3) is 0.333. The molecular weight excluding hydrogens is 414 g/mol. The summed E-state index contributed by atoms with van der Waals surface area (Å²) in [5, 5.41) is 0. The number of pyridine rings is 1. The number of methoxy groups -OCH3 is 1. The molecule has 4 aromatic rings. The van der Waals surface area contributed by atoms with Gasteiger partial charge in [-0.1, -0.05) is 18.2 Å². The van der Waals surface area contributed by atoms with E-state index in [0.717, 1.165) is 46.5 Å². The summed E-state index contributed by atoms with van der Waals surface area (Å²) < 4.78 is 15.3. The van der Waals surface area contributed by atoms with Gasteiger partial charge in [-0.2, -0.15) is 0 Å². The van der Waals surface area contributed by atoms with Gasteiger partial charge in [0.2, 0.25) is 0 Å². The van der Waals surface area contributed by atoms with Crippen molar-refractivity contribution < 1.29 is 9.47 Å². The second-order valence-corrected chi connectivity index (χ2v) is 8.87. The standard InChI is InChI=1S/C27H29N3O3/c1-18(2)29-22-10-6-7-11-23(22)30(27(29)31)26-15-13-20(17-28-26)19-12-14-24(32-3)25(16-19)33-21-8-4-5-9-21/h6-7,10-18,21H,4-5,8-9H2,1-3H3. The maximum Gasteiger partial charge on any atom is 0.335 e. The molecule has 0 unspecified atom stereocenters. The van der Waals surface area contributed by atoms with Gasteiger partial charge in [0.25, 0.3) is 0 Å². The van der Waals surface area contributed by atoms with Crippen molar-refractivity contribution in [2.75, 3.05) is 7.11 Å². The van der Waals surface area contributed by atoms with E-state index in [2.05, 4.69) is 4.98 Å². The fourth-order valence-electron chi connectivity index (χ4n) is 4.71. The van der Waals surface area contributed by atoms with Crippen molar-refractivity contribution in [3.05, 3.63) is 71.3 Å². The monoisotopic (exact) mass is 443 g/mol. The number of nitrogens with zero attached hydrogens (tertiary/aromatic N) is 3. The van der Waals surface area contributed by atoms with Crippen molar-refractivity contribution in [3.8, 4) is 28.4 Å². The molecule has 0 radical (unpaired) electrons. The molecule has 0 amide bonds. The van der Waals surface area contributed by atoms with Gasteiger partial charge in [-0.05, 0) is 81.5 Å². The lowest BCUT2D eigenvalue weighted by Crippen LogP contribution is -2.25. The van der Waals surface area contributed by atoms with Crippen LogP contribution in [0.25, 0.3) is 28.0 Å². The van der Waals surface area contributed by atoms with Crippen LogP contribution in [0.3, 0.4) is 0 Å². The molecule has 1 fully saturated rings. The van der Waals surface area contributed by atoms with E-state index >= 15 is 0 Å². The normalized spacial score (nSPS) is 14.3. The first-order valence-corrected chi connectivity index (χ1v) is 11.6. The summed E-state index contributed by atoms with van der Waals surface area (Å²) >= 11 is 0. The van der Waals surface area contributed by atoms with Gasteiger partial charge in [0.15, 0.2) is 11.5 Å². The molecule has 0 aliphatic heterocycles. The highest BCUT2D eigenvalue weighted by molar-refractivity contribution is 5.78. The summed E-state index contributed by atoms with van der Waals surface area (Å²) in [5.74, 6) is 2.11. The first-order valence-electron chi connectivity index (χ1n) is 11.6. The molecule has 0 atom stereocenters. The van der Waals surface area contributed by atoms with Gasteiger partial charge >= 0.3 is 5.69 Å². The summed E-state index contributed by atoms with van der Waals surface area (Å²) in [7, 11) is 1.66. The number of hydrogen-bond donors (Lipinski definition) is 0. The predicted octanol–water partition coefficient (Wildman–Crippen LogP) is 5.77. The molecule has 0 N–H and O–H groups in total. The zero-order valence-electron chi connectivity index (χ0n) is 19.3. The van der Waals surface area contributed by atoms with Gasteiger partial charge in [-0.25, -0.2) is 14.3 Å². The van der Waals surface area contributed by atoms with Crippen LogP contribution in [0, 0.1) is 0 Å². The lowest BCUT2D eigenvalue weighted by Gasteiger charge is -2.17. The number of imidazole rings is 1. The maximum absolute atomic E-state index is 13.2. The minimum Gasteiger partial charge on any atom is -0.493 e. The number of aromatic nitrogens is 3. The molecule has 2 heterocycles. The van der Waals surface area contributed by atoms with Crippen molar-refractivity contribution in [1.82, 2.24) is 14.1 Å². The van der Waals surface area contributed by atoms with Crippen molar-refractivity contribution in [3.63, 3.8) is 0 Å². The van der Waals surface area contributed by atoms with Crippen LogP contribution in [0.4, 0.5) is 0 Å². The summed E-state index contributed by atoms with van der Waals surface area (Å²) in [6, 6.07) is 17.8. The third kappa shape index (κ3) is 3.90. The quantitative estimate of drug-likeness (QED) is 0.380. The third-order valence-electron chi connectivity index (χ3n) is 6.37. The number of ether oxygens (including phenoxy) is 2. The van der Waals surface area contributed by atoms with Crippen molar-refractivity contribution in [2.45, 2.75) is 51.7 Å². The van der Waals surface area contributed by atoms with E-state index in [-0.39, 0.29) is 17.8 Å². The Morgan fingerprint density at radius 3 is 2.33 bits per heavy atom. The zero-order chi connectivity index (χ0) is 22.9. The van der Waals surface area contributed by atoms with Crippen LogP contribution in [0.1, 0.15) is 45.6 Å². The van der Waals surface area contributed by atoms with E-state index in [0.29, 0.717) is 5.82 Å². The van der Waals surface area contributed by atoms with Crippen LogP contribution in [-0.4, -0.2) is 27.3 Å². The minimum atomic E-state index is -0.0804. The lowest BCUT2D eigenvalue weighted by molar-refractivity contribution is 0.201.